The maximum Gasteiger partial charge on any atom is 0.241 e. The molecule has 0 aliphatic heterocycles. The van der Waals surface area contributed by atoms with Crippen molar-refractivity contribution in [3.63, 3.8) is 0 Å². The number of amides is 1. The van der Waals surface area contributed by atoms with Crippen molar-refractivity contribution in [2.24, 2.45) is 5.73 Å². The number of rotatable bonds is 6. The van der Waals surface area contributed by atoms with E-state index in [2.05, 4.69) is 10.5 Å². The first kappa shape index (κ1) is 19.2. The van der Waals surface area contributed by atoms with Gasteiger partial charge in [0.05, 0.1) is 5.69 Å². The van der Waals surface area contributed by atoms with E-state index >= 15 is 0 Å². The Morgan fingerprint density at radius 1 is 1.26 bits per heavy atom. The molecule has 2 aromatic rings. The Bertz CT molecular complexity index is 616. The summed E-state index contributed by atoms with van der Waals surface area (Å²) in [7, 11) is 0. The van der Waals surface area contributed by atoms with Crippen molar-refractivity contribution >= 4 is 18.3 Å². The number of carbonyl (C=O) groups is 1. The van der Waals surface area contributed by atoms with Crippen molar-refractivity contribution in [1.82, 2.24) is 10.5 Å². The number of aromatic nitrogens is 1. The lowest BCUT2D eigenvalue weighted by atomic mass is 10.0. The molecule has 23 heavy (non-hydrogen) atoms. The topological polar surface area (TPSA) is 81.2 Å². The number of benzene rings is 1. The molecule has 1 amide bonds. The number of nitrogens with zero attached hydrogens (tertiary/aromatic N) is 1. The van der Waals surface area contributed by atoms with Crippen molar-refractivity contribution in [3.8, 4) is 0 Å². The summed E-state index contributed by atoms with van der Waals surface area (Å²) in [6.07, 6.45) is 1.53. The minimum absolute atomic E-state index is 0. The van der Waals surface area contributed by atoms with Crippen LogP contribution < -0.4 is 11.1 Å². The molecule has 3 N–H and O–H groups in total. The van der Waals surface area contributed by atoms with Gasteiger partial charge in [0.1, 0.15) is 11.8 Å². The van der Waals surface area contributed by atoms with Crippen molar-refractivity contribution < 1.29 is 9.32 Å². The van der Waals surface area contributed by atoms with Crippen LogP contribution >= 0.6 is 12.4 Å². The predicted molar refractivity (Wildman–Crippen MR) is 92.5 cm³/mol. The van der Waals surface area contributed by atoms with E-state index in [9.17, 15) is 4.79 Å². The lowest BCUT2D eigenvalue weighted by Crippen LogP contribution is -2.34. The highest BCUT2D eigenvalue weighted by Crippen LogP contribution is 2.16. The second-order valence-corrected chi connectivity index (χ2v) is 5.34. The maximum absolute atomic E-state index is 12.2. The average molecular weight is 338 g/mol. The Morgan fingerprint density at radius 3 is 2.48 bits per heavy atom. The number of hydrogen-bond acceptors (Lipinski definition) is 4. The predicted octanol–water partition coefficient (Wildman–Crippen LogP) is 2.85. The van der Waals surface area contributed by atoms with Crippen LogP contribution in [-0.4, -0.2) is 11.1 Å². The van der Waals surface area contributed by atoms with Crippen molar-refractivity contribution in [1.29, 1.82) is 0 Å². The third-order valence-corrected chi connectivity index (χ3v) is 3.77. The van der Waals surface area contributed by atoms with E-state index in [1.165, 1.54) is 0 Å². The summed E-state index contributed by atoms with van der Waals surface area (Å²) in [6.45, 7) is 6.41. The van der Waals surface area contributed by atoms with Gasteiger partial charge in [-0.1, -0.05) is 48.8 Å². The van der Waals surface area contributed by atoms with Crippen LogP contribution in [0.4, 0.5) is 0 Å². The van der Waals surface area contributed by atoms with Crippen LogP contribution in [0.2, 0.25) is 0 Å². The Labute approximate surface area is 143 Å². The highest BCUT2D eigenvalue weighted by molar-refractivity contribution is 5.85. The van der Waals surface area contributed by atoms with Crippen molar-refractivity contribution in [2.75, 3.05) is 0 Å². The fraction of sp³-hybridized carbons (Fsp3) is 0.412. The van der Waals surface area contributed by atoms with E-state index in [0.29, 0.717) is 6.54 Å². The third-order valence-electron chi connectivity index (χ3n) is 3.77. The van der Waals surface area contributed by atoms with Crippen LogP contribution in [-0.2, 0) is 24.2 Å². The lowest BCUT2D eigenvalue weighted by Gasteiger charge is -2.13. The highest BCUT2D eigenvalue weighted by atomic mass is 35.5. The van der Waals surface area contributed by atoms with Gasteiger partial charge in [-0.25, -0.2) is 0 Å². The van der Waals surface area contributed by atoms with Gasteiger partial charge in [-0.05, 0) is 18.9 Å². The van der Waals surface area contributed by atoms with E-state index in [1.807, 2.05) is 45.0 Å². The van der Waals surface area contributed by atoms with Gasteiger partial charge < -0.3 is 15.6 Å². The second-order valence-electron chi connectivity index (χ2n) is 5.34. The van der Waals surface area contributed by atoms with Gasteiger partial charge in [0.2, 0.25) is 5.91 Å². The third kappa shape index (κ3) is 4.56. The Morgan fingerprint density at radius 2 is 1.91 bits per heavy atom. The van der Waals surface area contributed by atoms with E-state index in [4.69, 9.17) is 10.3 Å². The Hall–Kier alpha value is -1.85. The van der Waals surface area contributed by atoms with E-state index in [1.54, 1.807) is 0 Å². The summed E-state index contributed by atoms with van der Waals surface area (Å²) in [5.74, 6) is 0.621. The molecule has 0 saturated carbocycles. The molecule has 1 heterocycles. The van der Waals surface area contributed by atoms with Gasteiger partial charge in [-0.15, -0.1) is 12.4 Å². The molecule has 1 unspecified atom stereocenters. The molecule has 2 rings (SSSR count). The summed E-state index contributed by atoms with van der Waals surface area (Å²) >= 11 is 0. The molecule has 126 valence electrons. The number of hydrogen-bond donors (Lipinski definition) is 2. The van der Waals surface area contributed by atoms with Gasteiger partial charge in [-0.3, -0.25) is 4.79 Å². The van der Waals surface area contributed by atoms with Crippen molar-refractivity contribution in [2.45, 2.75) is 46.2 Å². The molecule has 0 saturated heterocycles. The molecule has 6 heteroatoms. The van der Waals surface area contributed by atoms with E-state index in [-0.39, 0.29) is 18.3 Å². The average Bonchev–Trinajstić information content (AvgIpc) is 2.94. The van der Waals surface area contributed by atoms with Crippen LogP contribution in [0, 0.1) is 6.92 Å². The number of halogens is 1. The fourth-order valence-corrected chi connectivity index (χ4v) is 2.35. The van der Waals surface area contributed by atoms with Gasteiger partial charge in [0.15, 0.2) is 0 Å². The number of aryl methyl sites for hydroxylation is 3. The molecule has 1 aromatic carbocycles. The normalized spacial score (nSPS) is 11.7. The number of nitrogens with one attached hydrogen (secondary N) is 1. The zero-order chi connectivity index (χ0) is 16.1. The molecule has 0 aliphatic carbocycles. The minimum Gasteiger partial charge on any atom is -0.361 e. The smallest absolute Gasteiger partial charge is 0.241 e. The molecule has 0 aliphatic rings. The van der Waals surface area contributed by atoms with Gasteiger partial charge >= 0.3 is 0 Å². The van der Waals surface area contributed by atoms with Crippen LogP contribution in [0.25, 0.3) is 0 Å². The molecule has 0 fully saturated rings. The van der Waals surface area contributed by atoms with Gasteiger partial charge in [0.25, 0.3) is 0 Å². The van der Waals surface area contributed by atoms with Gasteiger partial charge in [-0.2, -0.15) is 0 Å². The summed E-state index contributed by atoms with van der Waals surface area (Å²) in [4.78, 5) is 12.2. The molecule has 1 atom stereocenters. The van der Waals surface area contributed by atoms with Gasteiger partial charge in [0, 0.05) is 18.5 Å². The van der Waals surface area contributed by atoms with Crippen LogP contribution in [0.5, 0.6) is 0 Å². The highest BCUT2D eigenvalue weighted by Gasteiger charge is 2.18. The monoisotopic (exact) mass is 337 g/mol. The summed E-state index contributed by atoms with van der Waals surface area (Å²) in [6, 6.07) is 7.00. The number of carbonyl (C=O) groups excluding carboxylic acids is 1. The summed E-state index contributed by atoms with van der Waals surface area (Å²) < 4.78 is 5.29. The first-order valence-electron chi connectivity index (χ1n) is 7.62. The summed E-state index contributed by atoms with van der Waals surface area (Å²) in [5.41, 5.74) is 9.82. The maximum atomic E-state index is 12.2. The standard InChI is InChI=1S/C17H23N3O2.ClH/c1-4-14-13(15(5-2)22-20-14)10-19-17(21)16(18)12-8-6-11(3)7-9-12;/h6-9,16H,4-5,10,18H2,1-3H3,(H,19,21);1H. The Kier molecular flexibility index (Phi) is 7.26. The van der Waals surface area contributed by atoms with E-state index in [0.717, 1.165) is 41.0 Å². The Balaban J connectivity index is 0.00000264. The molecule has 5 nitrogen and oxygen atoms in total. The quantitative estimate of drug-likeness (QED) is 0.849. The fourth-order valence-electron chi connectivity index (χ4n) is 2.35. The van der Waals surface area contributed by atoms with Crippen LogP contribution in [0.15, 0.2) is 28.8 Å². The zero-order valence-electron chi connectivity index (χ0n) is 13.8. The number of nitrogens with two attached hydrogens (primary N) is 1. The molecule has 0 radical (unpaired) electrons. The molecular formula is C17H24ClN3O2. The SMILES string of the molecule is CCc1noc(CC)c1CNC(=O)C(N)c1ccc(C)cc1.Cl. The lowest BCUT2D eigenvalue weighted by molar-refractivity contribution is -0.122. The largest absolute Gasteiger partial charge is 0.361 e. The zero-order valence-corrected chi connectivity index (χ0v) is 14.6. The van der Waals surface area contributed by atoms with Crippen LogP contribution in [0.3, 0.4) is 0 Å². The minimum atomic E-state index is -0.671. The first-order valence-corrected chi connectivity index (χ1v) is 7.62. The summed E-state index contributed by atoms with van der Waals surface area (Å²) in [5, 5.41) is 6.92. The second kappa shape index (κ2) is 8.70. The molecule has 1 aromatic heterocycles. The molecule has 0 spiro atoms. The van der Waals surface area contributed by atoms with Crippen LogP contribution in [0.1, 0.15) is 48.0 Å². The first-order chi connectivity index (χ1) is 10.6. The molecule has 0 bridgehead atoms. The van der Waals surface area contributed by atoms with E-state index < -0.39 is 6.04 Å². The van der Waals surface area contributed by atoms with Crippen molar-refractivity contribution in [3.05, 3.63) is 52.4 Å². The molecular weight excluding hydrogens is 314 g/mol.